The molecule has 0 atom stereocenters. The van der Waals surface area contributed by atoms with Gasteiger partial charge in [-0.1, -0.05) is 19.1 Å². The second-order valence-electron chi connectivity index (χ2n) is 5.05. The van der Waals surface area contributed by atoms with Crippen LogP contribution in [0.25, 0.3) is 0 Å². The van der Waals surface area contributed by atoms with Gasteiger partial charge < -0.3 is 10.6 Å². The number of hydrogen-bond donors (Lipinski definition) is 1. The molecule has 1 aliphatic heterocycles. The number of rotatable bonds is 4. The number of nitrogens with zero attached hydrogens (tertiary/aromatic N) is 3. The van der Waals surface area contributed by atoms with Crippen molar-refractivity contribution in [3.05, 3.63) is 23.4 Å². The van der Waals surface area contributed by atoms with Crippen molar-refractivity contribution >= 4 is 23.0 Å². The van der Waals surface area contributed by atoms with E-state index in [4.69, 9.17) is 18.0 Å². The standard InChI is InChI=1S/C14H22N4S/c1-3-4-17-5-7-18(8-6-17)13-10-12(14(15)19)9-11(2)16-13/h9-10H,3-8H2,1-2H3,(H2,15,19). The third-order valence-corrected chi connectivity index (χ3v) is 3.70. The van der Waals surface area contributed by atoms with Gasteiger partial charge in [-0.15, -0.1) is 0 Å². The molecule has 1 saturated heterocycles. The topological polar surface area (TPSA) is 45.4 Å². The molecule has 1 fully saturated rings. The summed E-state index contributed by atoms with van der Waals surface area (Å²) in [6.45, 7) is 9.65. The molecule has 1 aromatic heterocycles. The van der Waals surface area contributed by atoms with Gasteiger partial charge in [0, 0.05) is 37.4 Å². The highest BCUT2D eigenvalue weighted by atomic mass is 32.1. The van der Waals surface area contributed by atoms with Crippen LogP contribution in [0.1, 0.15) is 24.6 Å². The van der Waals surface area contributed by atoms with Gasteiger partial charge >= 0.3 is 0 Å². The fraction of sp³-hybridized carbons (Fsp3) is 0.571. The molecule has 2 heterocycles. The predicted octanol–water partition coefficient (Wildman–Crippen LogP) is 1.56. The molecule has 1 aliphatic rings. The fourth-order valence-corrected chi connectivity index (χ4v) is 2.59. The Kier molecular flexibility index (Phi) is 4.71. The molecular formula is C14H22N4S. The molecule has 2 rings (SSSR count). The molecule has 0 aromatic carbocycles. The first-order valence-corrected chi connectivity index (χ1v) is 7.26. The van der Waals surface area contributed by atoms with Crippen molar-refractivity contribution in [2.45, 2.75) is 20.3 Å². The van der Waals surface area contributed by atoms with Crippen LogP contribution in [-0.2, 0) is 0 Å². The zero-order valence-electron chi connectivity index (χ0n) is 11.7. The Morgan fingerprint density at radius 1 is 1.32 bits per heavy atom. The first-order chi connectivity index (χ1) is 9.10. The van der Waals surface area contributed by atoms with Gasteiger partial charge in [-0.05, 0) is 32.0 Å². The monoisotopic (exact) mass is 278 g/mol. The minimum absolute atomic E-state index is 0.441. The molecule has 0 amide bonds. The SMILES string of the molecule is CCCN1CCN(c2cc(C(N)=S)cc(C)n2)CC1. The molecule has 0 spiro atoms. The lowest BCUT2D eigenvalue weighted by atomic mass is 10.2. The van der Waals surface area contributed by atoms with E-state index < -0.39 is 0 Å². The number of pyridine rings is 1. The second-order valence-corrected chi connectivity index (χ2v) is 5.49. The Labute approximate surface area is 120 Å². The van der Waals surface area contributed by atoms with Gasteiger partial charge in [-0.3, -0.25) is 4.90 Å². The van der Waals surface area contributed by atoms with Crippen molar-refractivity contribution in [3.63, 3.8) is 0 Å². The van der Waals surface area contributed by atoms with Crippen LogP contribution in [0.15, 0.2) is 12.1 Å². The van der Waals surface area contributed by atoms with E-state index in [1.807, 2.05) is 19.1 Å². The summed E-state index contributed by atoms with van der Waals surface area (Å²) in [7, 11) is 0. The number of hydrogen-bond acceptors (Lipinski definition) is 4. The molecule has 0 radical (unpaired) electrons. The zero-order valence-corrected chi connectivity index (χ0v) is 12.5. The minimum Gasteiger partial charge on any atom is -0.389 e. The van der Waals surface area contributed by atoms with E-state index in [1.54, 1.807) is 0 Å². The summed E-state index contributed by atoms with van der Waals surface area (Å²) in [5, 5.41) is 0. The zero-order chi connectivity index (χ0) is 13.8. The maximum absolute atomic E-state index is 5.72. The summed E-state index contributed by atoms with van der Waals surface area (Å²) >= 11 is 5.06. The lowest BCUT2D eigenvalue weighted by Gasteiger charge is -2.35. The summed E-state index contributed by atoms with van der Waals surface area (Å²) in [6.07, 6.45) is 1.22. The number of thiocarbonyl (C=S) groups is 1. The number of aryl methyl sites for hydroxylation is 1. The van der Waals surface area contributed by atoms with Crippen LogP contribution in [0, 0.1) is 6.92 Å². The van der Waals surface area contributed by atoms with Crippen LogP contribution in [0.4, 0.5) is 5.82 Å². The highest BCUT2D eigenvalue weighted by Gasteiger charge is 2.18. The Balaban J connectivity index is 2.09. The summed E-state index contributed by atoms with van der Waals surface area (Å²) in [5.41, 5.74) is 7.60. The minimum atomic E-state index is 0.441. The van der Waals surface area contributed by atoms with Crippen LogP contribution in [0.2, 0.25) is 0 Å². The van der Waals surface area contributed by atoms with Crippen molar-refractivity contribution in [2.24, 2.45) is 5.73 Å². The van der Waals surface area contributed by atoms with Crippen molar-refractivity contribution in [1.29, 1.82) is 0 Å². The smallest absolute Gasteiger partial charge is 0.129 e. The van der Waals surface area contributed by atoms with E-state index in [0.29, 0.717) is 4.99 Å². The Morgan fingerprint density at radius 2 is 2.00 bits per heavy atom. The maximum Gasteiger partial charge on any atom is 0.129 e. The number of nitrogens with two attached hydrogens (primary N) is 1. The summed E-state index contributed by atoms with van der Waals surface area (Å²) in [6, 6.07) is 3.95. The van der Waals surface area contributed by atoms with Gasteiger partial charge in [0.1, 0.15) is 10.8 Å². The number of piperazine rings is 1. The number of aromatic nitrogens is 1. The molecule has 4 nitrogen and oxygen atoms in total. The van der Waals surface area contributed by atoms with Gasteiger partial charge in [-0.2, -0.15) is 0 Å². The lowest BCUT2D eigenvalue weighted by Crippen LogP contribution is -2.46. The van der Waals surface area contributed by atoms with Gasteiger partial charge in [0.25, 0.3) is 0 Å². The van der Waals surface area contributed by atoms with Crippen LogP contribution in [0.3, 0.4) is 0 Å². The van der Waals surface area contributed by atoms with Crippen molar-refractivity contribution < 1.29 is 0 Å². The van der Waals surface area contributed by atoms with Crippen molar-refractivity contribution in [3.8, 4) is 0 Å². The highest BCUT2D eigenvalue weighted by molar-refractivity contribution is 7.80. The van der Waals surface area contributed by atoms with E-state index in [2.05, 4.69) is 21.7 Å². The third kappa shape index (κ3) is 3.64. The summed E-state index contributed by atoms with van der Waals surface area (Å²) in [5.74, 6) is 0.999. The van der Waals surface area contributed by atoms with Crippen LogP contribution < -0.4 is 10.6 Å². The van der Waals surface area contributed by atoms with Crippen LogP contribution in [0.5, 0.6) is 0 Å². The molecule has 0 saturated carbocycles. The van der Waals surface area contributed by atoms with Crippen molar-refractivity contribution in [2.75, 3.05) is 37.6 Å². The molecule has 19 heavy (non-hydrogen) atoms. The average molecular weight is 278 g/mol. The van der Waals surface area contributed by atoms with E-state index in [-0.39, 0.29) is 0 Å². The largest absolute Gasteiger partial charge is 0.389 e. The molecule has 104 valence electrons. The Hall–Kier alpha value is -1.20. The first kappa shape index (κ1) is 14.2. The van der Waals surface area contributed by atoms with Gasteiger partial charge in [0.15, 0.2) is 0 Å². The summed E-state index contributed by atoms with van der Waals surface area (Å²) < 4.78 is 0. The molecule has 2 N–H and O–H groups in total. The van der Waals surface area contributed by atoms with E-state index in [9.17, 15) is 0 Å². The molecular weight excluding hydrogens is 256 g/mol. The Morgan fingerprint density at radius 3 is 2.58 bits per heavy atom. The van der Waals surface area contributed by atoms with Gasteiger partial charge in [0.2, 0.25) is 0 Å². The van der Waals surface area contributed by atoms with E-state index in [1.165, 1.54) is 13.0 Å². The second kappa shape index (κ2) is 6.30. The molecule has 5 heteroatoms. The quantitative estimate of drug-likeness (QED) is 0.847. The van der Waals surface area contributed by atoms with Gasteiger partial charge in [0.05, 0.1) is 0 Å². The molecule has 0 bridgehead atoms. The molecule has 0 unspecified atom stereocenters. The van der Waals surface area contributed by atoms with Crippen LogP contribution in [-0.4, -0.2) is 47.6 Å². The highest BCUT2D eigenvalue weighted by Crippen LogP contribution is 2.17. The lowest BCUT2D eigenvalue weighted by molar-refractivity contribution is 0.258. The molecule has 1 aromatic rings. The normalized spacial score (nSPS) is 16.6. The first-order valence-electron chi connectivity index (χ1n) is 6.86. The third-order valence-electron chi connectivity index (χ3n) is 3.46. The maximum atomic E-state index is 5.72. The predicted molar refractivity (Wildman–Crippen MR) is 83.8 cm³/mol. The van der Waals surface area contributed by atoms with Crippen LogP contribution >= 0.6 is 12.2 Å². The Bertz CT molecular complexity index is 453. The van der Waals surface area contributed by atoms with Gasteiger partial charge in [-0.25, -0.2) is 4.98 Å². The fourth-order valence-electron chi connectivity index (χ4n) is 2.47. The van der Waals surface area contributed by atoms with Crippen molar-refractivity contribution in [1.82, 2.24) is 9.88 Å². The molecule has 0 aliphatic carbocycles. The van der Waals surface area contributed by atoms with E-state index >= 15 is 0 Å². The van der Waals surface area contributed by atoms with E-state index in [0.717, 1.165) is 43.3 Å². The summed E-state index contributed by atoms with van der Waals surface area (Å²) in [4.78, 5) is 9.87. The number of anilines is 1. The average Bonchev–Trinajstić information content (AvgIpc) is 2.39.